The molecule has 0 aromatic carbocycles. The highest BCUT2D eigenvalue weighted by molar-refractivity contribution is 5.85. The summed E-state index contributed by atoms with van der Waals surface area (Å²) in [5.74, 6) is 0.256. The molecule has 0 aromatic heterocycles. The number of amides is 1. The number of rotatable bonds is 2. The highest BCUT2D eigenvalue weighted by atomic mass is 16.2. The molecule has 3 heteroatoms. The molecule has 1 aliphatic rings. The van der Waals surface area contributed by atoms with Crippen LogP contribution >= 0.6 is 0 Å². The number of hydrogen-bond donors (Lipinski definition) is 2. The van der Waals surface area contributed by atoms with Crippen LogP contribution in [0.3, 0.4) is 0 Å². The summed E-state index contributed by atoms with van der Waals surface area (Å²) >= 11 is 0. The molecule has 1 fully saturated rings. The summed E-state index contributed by atoms with van der Waals surface area (Å²) in [5.41, 5.74) is 5.69. The van der Waals surface area contributed by atoms with Crippen molar-refractivity contribution in [2.24, 2.45) is 11.7 Å². The number of hydrogen-bond acceptors (Lipinski definition) is 2. The topological polar surface area (TPSA) is 55.1 Å². The van der Waals surface area contributed by atoms with E-state index in [9.17, 15) is 4.79 Å². The van der Waals surface area contributed by atoms with E-state index in [4.69, 9.17) is 5.73 Å². The fourth-order valence-electron chi connectivity index (χ4n) is 2.08. The molecule has 1 saturated heterocycles. The van der Waals surface area contributed by atoms with Gasteiger partial charge in [-0.1, -0.05) is 20.8 Å². The number of nitrogens with one attached hydrogen (secondary N) is 1. The molecule has 1 aliphatic heterocycles. The van der Waals surface area contributed by atoms with Crippen LogP contribution in [0.5, 0.6) is 0 Å². The third-order valence-electron chi connectivity index (χ3n) is 3.35. The quantitative estimate of drug-likeness (QED) is 0.639. The van der Waals surface area contributed by atoms with Crippen molar-refractivity contribution in [1.82, 2.24) is 5.32 Å². The molecule has 0 saturated carbocycles. The zero-order valence-electron chi connectivity index (χ0n) is 8.05. The van der Waals surface area contributed by atoms with Gasteiger partial charge in [-0.15, -0.1) is 0 Å². The van der Waals surface area contributed by atoms with Gasteiger partial charge in [0.1, 0.15) is 0 Å². The van der Waals surface area contributed by atoms with E-state index in [1.165, 1.54) is 0 Å². The fourth-order valence-corrected chi connectivity index (χ4v) is 2.08. The van der Waals surface area contributed by atoms with Crippen molar-refractivity contribution in [1.29, 1.82) is 0 Å². The van der Waals surface area contributed by atoms with Gasteiger partial charge in [-0.2, -0.15) is 0 Å². The van der Waals surface area contributed by atoms with Crippen molar-refractivity contribution >= 4 is 5.91 Å². The summed E-state index contributed by atoms with van der Waals surface area (Å²) < 4.78 is 0. The summed E-state index contributed by atoms with van der Waals surface area (Å²) in [4.78, 5) is 11.3. The Bertz CT molecular complexity index is 187. The zero-order chi connectivity index (χ0) is 9.35. The standard InChI is InChI=1S/C9H18N2O/c1-4-9(5-2)6(3)7(10)8(12)11-9/h6-7H,4-5,10H2,1-3H3,(H,11,12)/t6-,7+/m1/s1. The van der Waals surface area contributed by atoms with Crippen LogP contribution in [0.25, 0.3) is 0 Å². The second kappa shape index (κ2) is 3.05. The lowest BCUT2D eigenvalue weighted by atomic mass is 9.81. The van der Waals surface area contributed by atoms with Gasteiger partial charge in [0, 0.05) is 11.5 Å². The van der Waals surface area contributed by atoms with Gasteiger partial charge >= 0.3 is 0 Å². The maximum atomic E-state index is 11.3. The predicted molar refractivity (Wildman–Crippen MR) is 48.6 cm³/mol. The first-order chi connectivity index (χ1) is 5.57. The fraction of sp³-hybridized carbons (Fsp3) is 0.889. The van der Waals surface area contributed by atoms with Gasteiger partial charge in [0.05, 0.1) is 6.04 Å². The molecular formula is C9H18N2O. The minimum absolute atomic E-state index is 0.00574. The smallest absolute Gasteiger partial charge is 0.237 e. The van der Waals surface area contributed by atoms with E-state index in [2.05, 4.69) is 26.1 Å². The van der Waals surface area contributed by atoms with Crippen molar-refractivity contribution < 1.29 is 4.79 Å². The summed E-state index contributed by atoms with van der Waals surface area (Å²) in [6, 6.07) is -0.315. The Labute approximate surface area is 73.7 Å². The van der Waals surface area contributed by atoms with Crippen LogP contribution in [0.4, 0.5) is 0 Å². The van der Waals surface area contributed by atoms with E-state index < -0.39 is 0 Å². The van der Waals surface area contributed by atoms with Gasteiger partial charge < -0.3 is 11.1 Å². The van der Waals surface area contributed by atoms with Crippen LogP contribution in [-0.2, 0) is 4.79 Å². The van der Waals surface area contributed by atoms with E-state index in [-0.39, 0.29) is 23.4 Å². The molecule has 12 heavy (non-hydrogen) atoms. The second-order valence-corrected chi connectivity index (χ2v) is 3.67. The highest BCUT2D eigenvalue weighted by Gasteiger charge is 2.46. The SMILES string of the molecule is CCC1(CC)NC(=O)[C@@H](N)[C@H]1C. The normalized spacial score (nSPS) is 33.5. The van der Waals surface area contributed by atoms with E-state index in [0.29, 0.717) is 0 Å². The third kappa shape index (κ3) is 1.12. The first-order valence-electron chi connectivity index (χ1n) is 4.65. The van der Waals surface area contributed by atoms with E-state index in [0.717, 1.165) is 12.8 Å². The lowest BCUT2D eigenvalue weighted by molar-refractivity contribution is -0.120. The van der Waals surface area contributed by atoms with Crippen LogP contribution in [0.15, 0.2) is 0 Å². The summed E-state index contributed by atoms with van der Waals surface area (Å²) in [6.07, 6.45) is 1.92. The minimum Gasteiger partial charge on any atom is -0.349 e. The van der Waals surface area contributed by atoms with Gasteiger partial charge in [0.2, 0.25) is 5.91 Å². The molecule has 1 heterocycles. The third-order valence-corrected chi connectivity index (χ3v) is 3.35. The second-order valence-electron chi connectivity index (χ2n) is 3.67. The molecule has 70 valence electrons. The molecule has 1 rings (SSSR count). The van der Waals surface area contributed by atoms with Crippen molar-refractivity contribution in [2.75, 3.05) is 0 Å². The van der Waals surface area contributed by atoms with Crippen molar-refractivity contribution in [3.05, 3.63) is 0 Å². The molecular weight excluding hydrogens is 152 g/mol. The maximum Gasteiger partial charge on any atom is 0.237 e. The zero-order valence-corrected chi connectivity index (χ0v) is 8.05. The number of nitrogens with two attached hydrogens (primary N) is 1. The van der Waals surface area contributed by atoms with Gasteiger partial charge in [0.15, 0.2) is 0 Å². The van der Waals surface area contributed by atoms with Gasteiger partial charge in [-0.25, -0.2) is 0 Å². The maximum absolute atomic E-state index is 11.3. The van der Waals surface area contributed by atoms with Crippen molar-refractivity contribution in [3.8, 4) is 0 Å². The van der Waals surface area contributed by atoms with E-state index >= 15 is 0 Å². The van der Waals surface area contributed by atoms with E-state index in [1.807, 2.05) is 0 Å². The molecule has 2 atom stereocenters. The Kier molecular flexibility index (Phi) is 2.42. The first-order valence-corrected chi connectivity index (χ1v) is 4.65. The average Bonchev–Trinajstić information content (AvgIpc) is 2.30. The van der Waals surface area contributed by atoms with Crippen LogP contribution in [0, 0.1) is 5.92 Å². The first kappa shape index (κ1) is 9.52. The molecule has 0 unspecified atom stereocenters. The Hall–Kier alpha value is -0.570. The summed E-state index contributed by atoms with van der Waals surface area (Å²) in [7, 11) is 0. The molecule has 0 aromatic rings. The van der Waals surface area contributed by atoms with Crippen LogP contribution in [0.1, 0.15) is 33.6 Å². The van der Waals surface area contributed by atoms with Crippen LogP contribution < -0.4 is 11.1 Å². The van der Waals surface area contributed by atoms with Crippen LogP contribution in [-0.4, -0.2) is 17.5 Å². The Morgan fingerprint density at radius 1 is 1.50 bits per heavy atom. The Morgan fingerprint density at radius 2 is 2.00 bits per heavy atom. The van der Waals surface area contributed by atoms with Crippen molar-refractivity contribution in [3.63, 3.8) is 0 Å². The van der Waals surface area contributed by atoms with Gasteiger partial charge in [0.25, 0.3) is 0 Å². The Balaban J connectivity index is 2.86. The summed E-state index contributed by atoms with van der Waals surface area (Å²) in [6.45, 7) is 6.24. The molecule has 3 nitrogen and oxygen atoms in total. The Morgan fingerprint density at radius 3 is 2.17 bits per heavy atom. The van der Waals surface area contributed by atoms with Crippen molar-refractivity contribution in [2.45, 2.75) is 45.2 Å². The average molecular weight is 170 g/mol. The van der Waals surface area contributed by atoms with Crippen LogP contribution in [0.2, 0.25) is 0 Å². The summed E-state index contributed by atoms with van der Waals surface area (Å²) in [5, 5.41) is 3.00. The largest absolute Gasteiger partial charge is 0.349 e. The molecule has 0 bridgehead atoms. The number of carbonyl (C=O) groups excluding carboxylic acids is 1. The van der Waals surface area contributed by atoms with Gasteiger partial charge in [-0.05, 0) is 12.8 Å². The minimum atomic E-state index is -0.315. The van der Waals surface area contributed by atoms with E-state index in [1.54, 1.807) is 0 Å². The highest BCUT2D eigenvalue weighted by Crippen LogP contribution is 2.32. The predicted octanol–water partition coefficient (Wildman–Crippen LogP) is 0.638. The van der Waals surface area contributed by atoms with Gasteiger partial charge in [-0.3, -0.25) is 4.79 Å². The molecule has 0 radical (unpaired) electrons. The molecule has 1 amide bonds. The monoisotopic (exact) mass is 170 g/mol. The molecule has 3 N–H and O–H groups in total. The number of carbonyl (C=O) groups is 1. The lowest BCUT2D eigenvalue weighted by Crippen LogP contribution is -2.44. The molecule has 0 spiro atoms. The lowest BCUT2D eigenvalue weighted by Gasteiger charge is -2.31. The molecule has 0 aliphatic carbocycles.